The third-order valence-corrected chi connectivity index (χ3v) is 2.79. The van der Waals surface area contributed by atoms with E-state index in [4.69, 9.17) is 5.11 Å². The first-order valence-electron chi connectivity index (χ1n) is 5.68. The van der Waals surface area contributed by atoms with Crippen molar-refractivity contribution in [2.75, 3.05) is 0 Å². The summed E-state index contributed by atoms with van der Waals surface area (Å²) in [5.74, 6) is -1.62. The summed E-state index contributed by atoms with van der Waals surface area (Å²) in [4.78, 5) is 11.0. The highest BCUT2D eigenvalue weighted by Crippen LogP contribution is 2.33. The molecule has 4 nitrogen and oxygen atoms in total. The molecule has 106 valence electrons. The van der Waals surface area contributed by atoms with Crippen molar-refractivity contribution in [3.8, 4) is 5.69 Å². The average Bonchev–Trinajstić information content (AvgIpc) is 2.66. The number of aromatic carboxylic acids is 1. The number of carboxylic acids is 1. The molecule has 0 atom stereocenters. The lowest BCUT2D eigenvalue weighted by Crippen LogP contribution is -2.14. The van der Waals surface area contributed by atoms with Crippen LogP contribution in [0.5, 0.6) is 0 Å². The molecular weight excluding hydrogens is 273 g/mol. The summed E-state index contributed by atoms with van der Waals surface area (Å²) >= 11 is 0. The molecule has 0 saturated carbocycles. The number of aryl methyl sites for hydroxylation is 2. The first-order chi connectivity index (χ1) is 9.20. The van der Waals surface area contributed by atoms with Gasteiger partial charge in [-0.3, -0.25) is 0 Å². The minimum Gasteiger partial charge on any atom is -0.478 e. The van der Waals surface area contributed by atoms with E-state index >= 15 is 0 Å². The summed E-state index contributed by atoms with van der Waals surface area (Å²) in [5.41, 5.74) is -0.281. The van der Waals surface area contributed by atoms with E-state index in [1.165, 1.54) is 10.7 Å². The van der Waals surface area contributed by atoms with Gasteiger partial charge in [-0.05, 0) is 38.1 Å². The van der Waals surface area contributed by atoms with Gasteiger partial charge in [-0.25, -0.2) is 9.48 Å². The molecule has 20 heavy (non-hydrogen) atoms. The number of nitrogens with zero attached hydrogens (tertiary/aromatic N) is 2. The molecular formula is C13H11F3N2O2. The molecule has 1 aromatic heterocycles. The lowest BCUT2D eigenvalue weighted by atomic mass is 10.1. The molecule has 0 aliphatic heterocycles. The topological polar surface area (TPSA) is 55.1 Å². The highest BCUT2D eigenvalue weighted by Gasteiger charge is 2.35. The Balaban J connectivity index is 2.62. The van der Waals surface area contributed by atoms with Gasteiger partial charge in [-0.15, -0.1) is 0 Å². The molecule has 0 aliphatic carbocycles. The number of aromatic nitrogens is 2. The Morgan fingerprint density at radius 2 is 1.90 bits per heavy atom. The quantitative estimate of drug-likeness (QED) is 0.921. The lowest BCUT2D eigenvalue weighted by molar-refractivity contribution is -0.138. The average molecular weight is 284 g/mol. The molecule has 0 amide bonds. The van der Waals surface area contributed by atoms with Crippen LogP contribution in [0.2, 0.25) is 0 Å². The maximum absolute atomic E-state index is 12.7. The van der Waals surface area contributed by atoms with Crippen molar-refractivity contribution in [3.05, 3.63) is 46.8 Å². The van der Waals surface area contributed by atoms with Gasteiger partial charge in [0.15, 0.2) is 0 Å². The molecule has 1 heterocycles. The van der Waals surface area contributed by atoms with Gasteiger partial charge in [-0.2, -0.15) is 18.3 Å². The van der Waals surface area contributed by atoms with Gasteiger partial charge in [0.1, 0.15) is 0 Å². The number of benzene rings is 1. The van der Waals surface area contributed by atoms with Crippen molar-refractivity contribution in [2.45, 2.75) is 20.0 Å². The molecule has 2 rings (SSSR count). The summed E-state index contributed by atoms with van der Waals surface area (Å²) in [6.45, 7) is 3.48. The van der Waals surface area contributed by atoms with E-state index in [0.717, 1.165) is 12.1 Å². The van der Waals surface area contributed by atoms with Crippen molar-refractivity contribution in [3.63, 3.8) is 0 Å². The summed E-state index contributed by atoms with van der Waals surface area (Å²) in [6.07, 6.45) is -4.71. The van der Waals surface area contributed by atoms with Crippen molar-refractivity contribution < 1.29 is 23.1 Å². The van der Waals surface area contributed by atoms with Crippen LogP contribution in [0, 0.1) is 13.8 Å². The second-order valence-electron chi connectivity index (χ2n) is 4.37. The van der Waals surface area contributed by atoms with Crippen LogP contribution in [-0.4, -0.2) is 20.9 Å². The Labute approximate surface area is 112 Å². The number of carbonyl (C=O) groups is 1. The fraction of sp³-hybridized carbons (Fsp3) is 0.231. The number of carboxylic acid groups (broad SMARTS) is 1. The zero-order valence-corrected chi connectivity index (χ0v) is 10.7. The van der Waals surface area contributed by atoms with E-state index in [1.807, 2.05) is 0 Å². The van der Waals surface area contributed by atoms with Crippen LogP contribution in [0.4, 0.5) is 13.2 Å². The summed E-state index contributed by atoms with van der Waals surface area (Å²) < 4.78 is 39.6. The monoisotopic (exact) mass is 284 g/mol. The van der Waals surface area contributed by atoms with Gasteiger partial charge in [0.25, 0.3) is 0 Å². The van der Waals surface area contributed by atoms with Crippen molar-refractivity contribution in [1.29, 1.82) is 0 Å². The Morgan fingerprint density at radius 3 is 2.35 bits per heavy atom. The molecule has 0 fully saturated rings. The molecule has 0 bridgehead atoms. The molecule has 0 unspecified atom stereocenters. The fourth-order valence-corrected chi connectivity index (χ4v) is 1.98. The summed E-state index contributed by atoms with van der Waals surface area (Å²) in [7, 11) is 0. The van der Waals surface area contributed by atoms with Gasteiger partial charge in [-0.1, -0.05) is 0 Å². The van der Waals surface area contributed by atoms with Gasteiger partial charge < -0.3 is 5.11 Å². The van der Waals surface area contributed by atoms with E-state index in [1.54, 1.807) is 19.9 Å². The second-order valence-corrected chi connectivity index (χ2v) is 4.37. The highest BCUT2D eigenvalue weighted by molar-refractivity contribution is 5.90. The van der Waals surface area contributed by atoms with Crippen molar-refractivity contribution in [2.24, 2.45) is 0 Å². The number of rotatable bonds is 2. The minimum atomic E-state index is -4.71. The van der Waals surface area contributed by atoms with Crippen LogP contribution in [0.25, 0.3) is 5.69 Å². The minimum absolute atomic E-state index is 0.279. The standard InChI is InChI=1S/C13H11F3N2O2/c1-7-5-8(2)18(17-7)9-3-4-11(13(14,15)16)10(6-9)12(19)20/h3-6H,1-2H3,(H,19,20). The predicted molar refractivity (Wildman–Crippen MR) is 65.0 cm³/mol. The largest absolute Gasteiger partial charge is 0.478 e. The smallest absolute Gasteiger partial charge is 0.417 e. The number of alkyl halides is 3. The SMILES string of the molecule is Cc1cc(C)n(-c2ccc(C(F)(F)F)c(C(=O)O)c2)n1. The number of hydrogen-bond acceptors (Lipinski definition) is 2. The van der Waals surface area contributed by atoms with E-state index in [-0.39, 0.29) is 5.69 Å². The van der Waals surface area contributed by atoms with Crippen LogP contribution >= 0.6 is 0 Å². The zero-order chi connectivity index (χ0) is 15.1. The molecule has 0 radical (unpaired) electrons. The summed E-state index contributed by atoms with van der Waals surface area (Å²) in [6, 6.07) is 4.69. The third-order valence-electron chi connectivity index (χ3n) is 2.79. The second kappa shape index (κ2) is 4.66. The molecule has 1 N–H and O–H groups in total. The van der Waals surface area contributed by atoms with Crippen molar-refractivity contribution >= 4 is 5.97 Å². The molecule has 0 spiro atoms. The first-order valence-corrected chi connectivity index (χ1v) is 5.68. The van der Waals surface area contributed by atoms with Gasteiger partial charge >= 0.3 is 12.1 Å². The van der Waals surface area contributed by atoms with Crippen LogP contribution in [0.3, 0.4) is 0 Å². The first kappa shape index (κ1) is 14.1. The lowest BCUT2D eigenvalue weighted by Gasteiger charge is -2.12. The van der Waals surface area contributed by atoms with Crippen LogP contribution in [0.15, 0.2) is 24.3 Å². The van der Waals surface area contributed by atoms with E-state index in [0.29, 0.717) is 11.4 Å². The molecule has 2 aromatic rings. The van der Waals surface area contributed by atoms with E-state index in [9.17, 15) is 18.0 Å². The maximum atomic E-state index is 12.7. The Kier molecular flexibility index (Phi) is 3.29. The highest BCUT2D eigenvalue weighted by atomic mass is 19.4. The third kappa shape index (κ3) is 2.52. The van der Waals surface area contributed by atoms with E-state index < -0.39 is 23.3 Å². The molecule has 0 aliphatic rings. The maximum Gasteiger partial charge on any atom is 0.417 e. The molecule has 7 heteroatoms. The molecule has 0 saturated heterocycles. The van der Waals surface area contributed by atoms with Crippen LogP contribution in [-0.2, 0) is 6.18 Å². The van der Waals surface area contributed by atoms with Crippen LogP contribution in [0.1, 0.15) is 27.3 Å². The van der Waals surface area contributed by atoms with Gasteiger partial charge in [0.05, 0.1) is 22.5 Å². The number of halogens is 3. The Bertz CT molecular complexity index is 675. The predicted octanol–water partition coefficient (Wildman–Crippen LogP) is 3.21. The number of hydrogen-bond donors (Lipinski definition) is 1. The Morgan fingerprint density at radius 1 is 1.25 bits per heavy atom. The van der Waals surface area contributed by atoms with Crippen molar-refractivity contribution in [1.82, 2.24) is 9.78 Å². The Hall–Kier alpha value is -2.31. The fourth-order valence-electron chi connectivity index (χ4n) is 1.98. The normalized spacial score (nSPS) is 11.7. The zero-order valence-electron chi connectivity index (χ0n) is 10.7. The van der Waals surface area contributed by atoms with Crippen LogP contribution < -0.4 is 0 Å². The molecule has 1 aromatic carbocycles. The van der Waals surface area contributed by atoms with E-state index in [2.05, 4.69) is 5.10 Å². The van der Waals surface area contributed by atoms with Gasteiger partial charge in [0, 0.05) is 5.69 Å². The summed E-state index contributed by atoms with van der Waals surface area (Å²) in [5, 5.41) is 13.1. The van der Waals surface area contributed by atoms with Gasteiger partial charge in [0.2, 0.25) is 0 Å².